The molecule has 0 bridgehead atoms. The van der Waals surface area contributed by atoms with Crippen molar-refractivity contribution in [2.75, 3.05) is 6.61 Å². The summed E-state index contributed by atoms with van der Waals surface area (Å²) in [7, 11) is 1.91. The zero-order chi connectivity index (χ0) is 16.1. The zero-order valence-electron chi connectivity index (χ0n) is 13.1. The molecule has 2 heterocycles. The SMILES string of the molecule is CCOc1ccc(-c2nc(CSCc3ncnn3C)cs2)cc1. The van der Waals surface area contributed by atoms with Crippen LogP contribution >= 0.6 is 23.1 Å². The number of hydrogen-bond donors (Lipinski definition) is 0. The van der Waals surface area contributed by atoms with Gasteiger partial charge in [0, 0.05) is 23.7 Å². The van der Waals surface area contributed by atoms with Crippen LogP contribution in [0.2, 0.25) is 0 Å². The van der Waals surface area contributed by atoms with E-state index in [1.165, 1.54) is 0 Å². The Hall–Kier alpha value is -1.86. The normalized spacial score (nSPS) is 10.9. The Kier molecular flexibility index (Phi) is 5.30. The first kappa shape index (κ1) is 16.0. The number of aromatic nitrogens is 4. The van der Waals surface area contributed by atoms with Crippen LogP contribution in [-0.2, 0) is 18.6 Å². The lowest BCUT2D eigenvalue weighted by molar-refractivity contribution is 0.340. The molecule has 0 N–H and O–H groups in total. The van der Waals surface area contributed by atoms with Crippen molar-refractivity contribution >= 4 is 23.1 Å². The number of rotatable bonds is 7. The third-order valence-corrected chi connectivity index (χ3v) is 5.15. The lowest BCUT2D eigenvalue weighted by Crippen LogP contribution is -1.97. The highest BCUT2D eigenvalue weighted by Gasteiger charge is 2.07. The van der Waals surface area contributed by atoms with E-state index in [9.17, 15) is 0 Å². The van der Waals surface area contributed by atoms with Gasteiger partial charge in [-0.15, -0.1) is 23.1 Å². The first-order valence-corrected chi connectivity index (χ1v) is 9.38. The summed E-state index contributed by atoms with van der Waals surface area (Å²) in [5, 5.41) is 7.24. The zero-order valence-corrected chi connectivity index (χ0v) is 14.7. The van der Waals surface area contributed by atoms with Crippen molar-refractivity contribution in [1.82, 2.24) is 19.7 Å². The Morgan fingerprint density at radius 3 is 2.74 bits per heavy atom. The van der Waals surface area contributed by atoms with Gasteiger partial charge in [-0.1, -0.05) is 0 Å². The van der Waals surface area contributed by atoms with E-state index < -0.39 is 0 Å². The fourth-order valence-electron chi connectivity index (χ4n) is 2.06. The van der Waals surface area contributed by atoms with E-state index in [1.54, 1.807) is 34.1 Å². The molecule has 1 aromatic carbocycles. The lowest BCUT2D eigenvalue weighted by Gasteiger charge is -2.03. The van der Waals surface area contributed by atoms with E-state index in [0.717, 1.165) is 39.3 Å². The van der Waals surface area contributed by atoms with E-state index in [-0.39, 0.29) is 0 Å². The molecule has 0 fully saturated rings. The van der Waals surface area contributed by atoms with Gasteiger partial charge < -0.3 is 4.74 Å². The van der Waals surface area contributed by atoms with Crippen molar-refractivity contribution in [2.45, 2.75) is 18.4 Å². The summed E-state index contributed by atoms with van der Waals surface area (Å²) in [5.74, 6) is 3.59. The minimum atomic E-state index is 0.684. The first-order chi connectivity index (χ1) is 11.3. The average molecular weight is 346 g/mol. The third-order valence-electron chi connectivity index (χ3n) is 3.25. The smallest absolute Gasteiger partial charge is 0.138 e. The van der Waals surface area contributed by atoms with E-state index in [1.807, 2.05) is 26.1 Å². The second-order valence-electron chi connectivity index (χ2n) is 4.89. The molecule has 0 aliphatic carbocycles. The Morgan fingerprint density at radius 1 is 1.22 bits per heavy atom. The highest BCUT2D eigenvalue weighted by Crippen LogP contribution is 2.27. The number of hydrogen-bond acceptors (Lipinski definition) is 6. The molecule has 3 aromatic rings. The topological polar surface area (TPSA) is 52.8 Å². The molecule has 2 aromatic heterocycles. The molecule has 0 atom stereocenters. The van der Waals surface area contributed by atoms with Crippen molar-refractivity contribution < 1.29 is 4.74 Å². The maximum Gasteiger partial charge on any atom is 0.138 e. The molecule has 0 radical (unpaired) electrons. The summed E-state index contributed by atoms with van der Waals surface area (Å²) in [5.41, 5.74) is 2.23. The van der Waals surface area contributed by atoms with Crippen LogP contribution < -0.4 is 4.74 Å². The van der Waals surface area contributed by atoms with E-state index in [4.69, 9.17) is 9.72 Å². The summed E-state index contributed by atoms with van der Waals surface area (Å²) in [4.78, 5) is 8.94. The fourth-order valence-corrected chi connectivity index (χ4v) is 3.90. The minimum Gasteiger partial charge on any atom is -0.494 e. The Morgan fingerprint density at radius 2 is 2.04 bits per heavy atom. The number of thiazole rings is 1. The fraction of sp³-hybridized carbons (Fsp3) is 0.312. The quantitative estimate of drug-likeness (QED) is 0.652. The highest BCUT2D eigenvalue weighted by molar-refractivity contribution is 7.97. The van der Waals surface area contributed by atoms with Gasteiger partial charge in [0.15, 0.2) is 0 Å². The van der Waals surface area contributed by atoms with Crippen LogP contribution in [0, 0.1) is 0 Å². The van der Waals surface area contributed by atoms with Gasteiger partial charge in [0.2, 0.25) is 0 Å². The predicted molar refractivity (Wildman–Crippen MR) is 94.7 cm³/mol. The molecule has 0 amide bonds. The van der Waals surface area contributed by atoms with Gasteiger partial charge in [0.05, 0.1) is 18.1 Å². The molecule has 0 saturated heterocycles. The lowest BCUT2D eigenvalue weighted by atomic mass is 10.2. The Balaban J connectivity index is 1.58. The number of thioether (sulfide) groups is 1. The van der Waals surface area contributed by atoms with Crippen molar-refractivity contribution in [3.63, 3.8) is 0 Å². The maximum absolute atomic E-state index is 5.47. The number of benzene rings is 1. The molecule has 23 heavy (non-hydrogen) atoms. The third kappa shape index (κ3) is 4.11. The van der Waals surface area contributed by atoms with E-state index >= 15 is 0 Å². The van der Waals surface area contributed by atoms with Crippen molar-refractivity contribution in [1.29, 1.82) is 0 Å². The summed E-state index contributed by atoms with van der Waals surface area (Å²) < 4.78 is 7.27. The van der Waals surface area contributed by atoms with Gasteiger partial charge in [0.1, 0.15) is 22.9 Å². The Labute approximate surface area is 143 Å². The molecular weight excluding hydrogens is 328 g/mol. The summed E-state index contributed by atoms with van der Waals surface area (Å²) >= 11 is 3.47. The molecule has 0 aliphatic heterocycles. The second kappa shape index (κ2) is 7.61. The summed E-state index contributed by atoms with van der Waals surface area (Å²) in [6.07, 6.45) is 1.59. The van der Waals surface area contributed by atoms with Crippen molar-refractivity contribution in [2.24, 2.45) is 7.05 Å². The van der Waals surface area contributed by atoms with Crippen LogP contribution in [0.25, 0.3) is 10.6 Å². The molecule has 120 valence electrons. The van der Waals surface area contributed by atoms with Crippen LogP contribution in [0.1, 0.15) is 18.4 Å². The Bertz CT molecular complexity index is 752. The van der Waals surface area contributed by atoms with Gasteiger partial charge in [-0.05, 0) is 31.2 Å². The van der Waals surface area contributed by atoms with Crippen LogP contribution in [0.4, 0.5) is 0 Å². The van der Waals surface area contributed by atoms with E-state index in [2.05, 4.69) is 27.6 Å². The van der Waals surface area contributed by atoms with Gasteiger partial charge >= 0.3 is 0 Å². The van der Waals surface area contributed by atoms with Crippen LogP contribution in [0.3, 0.4) is 0 Å². The standard InChI is InChI=1S/C16H18N4OS2/c1-3-21-14-6-4-12(5-7-14)16-19-13(9-23-16)8-22-10-15-17-11-18-20(15)2/h4-7,9,11H,3,8,10H2,1-2H3. The summed E-state index contributed by atoms with van der Waals surface area (Å²) in [6, 6.07) is 8.09. The predicted octanol–water partition coefficient (Wildman–Crippen LogP) is 3.77. The van der Waals surface area contributed by atoms with E-state index in [0.29, 0.717) is 6.61 Å². The van der Waals surface area contributed by atoms with Gasteiger partial charge in [0.25, 0.3) is 0 Å². The monoisotopic (exact) mass is 346 g/mol. The van der Waals surface area contributed by atoms with Crippen LogP contribution in [-0.4, -0.2) is 26.4 Å². The average Bonchev–Trinajstić information content (AvgIpc) is 3.18. The molecular formula is C16H18N4OS2. The van der Waals surface area contributed by atoms with Crippen molar-refractivity contribution in [3.8, 4) is 16.3 Å². The van der Waals surface area contributed by atoms with Gasteiger partial charge in [-0.2, -0.15) is 5.10 Å². The number of ether oxygens (including phenoxy) is 1. The molecule has 0 spiro atoms. The van der Waals surface area contributed by atoms with Crippen LogP contribution in [0.15, 0.2) is 36.0 Å². The molecule has 0 aliphatic rings. The molecule has 0 unspecified atom stereocenters. The molecule has 5 nitrogen and oxygen atoms in total. The molecule has 0 saturated carbocycles. The highest BCUT2D eigenvalue weighted by atomic mass is 32.2. The maximum atomic E-state index is 5.47. The molecule has 3 rings (SSSR count). The minimum absolute atomic E-state index is 0.684. The first-order valence-electron chi connectivity index (χ1n) is 7.34. The van der Waals surface area contributed by atoms with Crippen molar-refractivity contribution in [3.05, 3.63) is 47.5 Å². The summed E-state index contributed by atoms with van der Waals surface area (Å²) in [6.45, 7) is 2.67. The number of nitrogens with zero attached hydrogens (tertiary/aromatic N) is 4. The van der Waals surface area contributed by atoms with Crippen LogP contribution in [0.5, 0.6) is 5.75 Å². The van der Waals surface area contributed by atoms with Gasteiger partial charge in [-0.3, -0.25) is 4.68 Å². The van der Waals surface area contributed by atoms with Gasteiger partial charge in [-0.25, -0.2) is 9.97 Å². The second-order valence-corrected chi connectivity index (χ2v) is 6.74. The largest absolute Gasteiger partial charge is 0.494 e. The molecule has 7 heteroatoms. The number of aryl methyl sites for hydroxylation is 1.